The number of piperidine rings is 1. The number of carbonyl (C=O) groups excluding carboxylic acids is 1. The second kappa shape index (κ2) is 6.40. The van der Waals surface area contributed by atoms with E-state index in [4.69, 9.17) is 4.52 Å². The first-order valence-electron chi connectivity index (χ1n) is 8.74. The maximum atomic E-state index is 12.9. The molecule has 1 aliphatic rings. The van der Waals surface area contributed by atoms with E-state index in [1.165, 1.54) is 0 Å². The van der Waals surface area contributed by atoms with Crippen LogP contribution in [-0.2, 0) is 0 Å². The molecule has 7 heteroatoms. The summed E-state index contributed by atoms with van der Waals surface area (Å²) >= 11 is 0. The average molecular weight is 352 g/mol. The normalized spacial score (nSPS) is 17.6. The Labute approximate surface area is 150 Å². The van der Waals surface area contributed by atoms with Crippen LogP contribution in [0.15, 0.2) is 33.7 Å². The third-order valence-electron chi connectivity index (χ3n) is 5.03. The van der Waals surface area contributed by atoms with E-state index >= 15 is 0 Å². The molecule has 0 radical (unpaired) electrons. The zero-order chi connectivity index (χ0) is 18.3. The van der Waals surface area contributed by atoms with Crippen molar-refractivity contribution >= 4 is 16.8 Å². The van der Waals surface area contributed by atoms with Gasteiger partial charge in [-0.1, -0.05) is 5.16 Å². The van der Waals surface area contributed by atoms with Gasteiger partial charge in [-0.15, -0.1) is 0 Å². The van der Waals surface area contributed by atoms with E-state index in [0.29, 0.717) is 41.0 Å². The largest absolute Gasteiger partial charge is 0.361 e. The number of amides is 1. The lowest BCUT2D eigenvalue weighted by atomic mass is 9.93. The quantitative estimate of drug-likeness (QED) is 0.765. The number of fused-ring (bicyclic) bond motifs is 1. The minimum absolute atomic E-state index is 0.0628. The van der Waals surface area contributed by atoms with Crippen molar-refractivity contribution in [2.75, 3.05) is 13.1 Å². The van der Waals surface area contributed by atoms with Gasteiger partial charge in [0.05, 0.1) is 16.6 Å². The maximum Gasteiger partial charge on any atom is 0.259 e. The van der Waals surface area contributed by atoms with Gasteiger partial charge in [-0.25, -0.2) is 0 Å². The number of aromatic amines is 1. The number of rotatable bonds is 2. The Morgan fingerprint density at radius 3 is 3.00 bits per heavy atom. The Morgan fingerprint density at radius 1 is 1.38 bits per heavy atom. The molecular formula is C19H20N4O3. The number of pyridine rings is 2. The topological polar surface area (TPSA) is 92.1 Å². The molecule has 0 spiro atoms. The van der Waals surface area contributed by atoms with Crippen LogP contribution in [-0.4, -0.2) is 39.0 Å². The second-order valence-corrected chi connectivity index (χ2v) is 6.78. The molecule has 3 aromatic rings. The summed E-state index contributed by atoms with van der Waals surface area (Å²) in [6.45, 7) is 4.77. The smallest absolute Gasteiger partial charge is 0.259 e. The molecule has 1 saturated heterocycles. The van der Waals surface area contributed by atoms with Crippen LogP contribution in [0.5, 0.6) is 0 Å². The van der Waals surface area contributed by atoms with Gasteiger partial charge in [0.25, 0.3) is 11.5 Å². The lowest BCUT2D eigenvalue weighted by molar-refractivity contribution is 0.0703. The van der Waals surface area contributed by atoms with Crippen LogP contribution in [0, 0.1) is 13.8 Å². The molecule has 0 saturated carbocycles. The molecule has 26 heavy (non-hydrogen) atoms. The molecular weight excluding hydrogens is 332 g/mol. The van der Waals surface area contributed by atoms with Gasteiger partial charge < -0.3 is 14.4 Å². The van der Waals surface area contributed by atoms with E-state index in [-0.39, 0.29) is 17.4 Å². The van der Waals surface area contributed by atoms with Crippen LogP contribution < -0.4 is 5.56 Å². The van der Waals surface area contributed by atoms with Crippen LogP contribution in [0.1, 0.15) is 46.3 Å². The van der Waals surface area contributed by atoms with E-state index < -0.39 is 0 Å². The highest BCUT2D eigenvalue weighted by Gasteiger charge is 2.29. The molecule has 134 valence electrons. The molecule has 3 aromatic heterocycles. The highest BCUT2D eigenvalue weighted by atomic mass is 16.5. The van der Waals surface area contributed by atoms with Crippen molar-refractivity contribution in [3.05, 3.63) is 57.5 Å². The highest BCUT2D eigenvalue weighted by Crippen LogP contribution is 2.28. The molecule has 0 aliphatic carbocycles. The van der Waals surface area contributed by atoms with E-state index in [0.717, 1.165) is 18.5 Å². The van der Waals surface area contributed by atoms with Gasteiger partial charge in [0.1, 0.15) is 11.3 Å². The summed E-state index contributed by atoms with van der Waals surface area (Å²) in [6.07, 6.45) is 3.47. The summed E-state index contributed by atoms with van der Waals surface area (Å²) in [5.41, 5.74) is 2.52. The average Bonchev–Trinajstić information content (AvgIpc) is 2.99. The zero-order valence-electron chi connectivity index (χ0n) is 14.8. The Kier molecular flexibility index (Phi) is 4.06. The SMILES string of the molecule is Cc1noc(C)c1C(=O)N1CCCC(c2cc3ncccc3c(=O)[nH]2)C1. The Bertz CT molecular complexity index is 1020. The summed E-state index contributed by atoms with van der Waals surface area (Å²) in [5, 5.41) is 4.46. The number of aryl methyl sites for hydroxylation is 2. The van der Waals surface area contributed by atoms with Crippen molar-refractivity contribution in [1.29, 1.82) is 0 Å². The fraction of sp³-hybridized carbons (Fsp3) is 0.368. The van der Waals surface area contributed by atoms with Crippen molar-refractivity contribution < 1.29 is 9.32 Å². The molecule has 1 atom stereocenters. The van der Waals surface area contributed by atoms with Crippen LogP contribution in [0.4, 0.5) is 0 Å². The first-order chi connectivity index (χ1) is 12.5. The highest BCUT2D eigenvalue weighted by molar-refractivity contribution is 5.96. The summed E-state index contributed by atoms with van der Waals surface area (Å²) in [7, 11) is 0. The minimum Gasteiger partial charge on any atom is -0.361 e. The van der Waals surface area contributed by atoms with Crippen molar-refractivity contribution in [2.45, 2.75) is 32.6 Å². The summed E-state index contributed by atoms with van der Waals surface area (Å²) in [4.78, 5) is 34.3. The van der Waals surface area contributed by atoms with E-state index in [1.807, 2.05) is 11.0 Å². The number of hydrogen-bond acceptors (Lipinski definition) is 5. The summed E-state index contributed by atoms with van der Waals surface area (Å²) in [5.74, 6) is 0.553. The van der Waals surface area contributed by atoms with Crippen LogP contribution in [0.25, 0.3) is 10.9 Å². The zero-order valence-corrected chi connectivity index (χ0v) is 14.8. The lowest BCUT2D eigenvalue weighted by Gasteiger charge is -2.32. The number of nitrogens with one attached hydrogen (secondary N) is 1. The predicted molar refractivity (Wildman–Crippen MR) is 96.2 cm³/mol. The van der Waals surface area contributed by atoms with Gasteiger partial charge in [-0.3, -0.25) is 14.6 Å². The van der Waals surface area contributed by atoms with Gasteiger partial charge in [-0.2, -0.15) is 0 Å². The molecule has 0 aromatic carbocycles. The first kappa shape index (κ1) is 16.5. The standard InChI is InChI=1S/C19H20N4O3/c1-11-17(12(2)26-22-11)19(25)23-8-4-5-13(10-23)15-9-16-14(18(24)21-15)6-3-7-20-16/h3,6-7,9,13H,4-5,8,10H2,1-2H3,(H,21,24). The van der Waals surface area contributed by atoms with Crippen molar-refractivity contribution in [2.24, 2.45) is 0 Å². The summed E-state index contributed by atoms with van der Waals surface area (Å²) in [6, 6.07) is 5.44. The molecule has 0 bridgehead atoms. The van der Waals surface area contributed by atoms with Gasteiger partial charge in [0, 0.05) is 30.9 Å². The number of hydrogen-bond donors (Lipinski definition) is 1. The summed E-state index contributed by atoms with van der Waals surface area (Å²) < 4.78 is 5.13. The van der Waals surface area contributed by atoms with E-state index in [2.05, 4.69) is 15.1 Å². The van der Waals surface area contributed by atoms with Crippen molar-refractivity contribution in [1.82, 2.24) is 20.0 Å². The molecule has 1 unspecified atom stereocenters. The molecule has 1 fully saturated rings. The molecule has 1 aliphatic heterocycles. The number of likely N-dealkylation sites (tertiary alicyclic amines) is 1. The third-order valence-corrected chi connectivity index (χ3v) is 5.03. The maximum absolute atomic E-state index is 12.9. The minimum atomic E-state index is -0.139. The fourth-order valence-electron chi connectivity index (χ4n) is 3.69. The van der Waals surface area contributed by atoms with Crippen LogP contribution in [0.3, 0.4) is 0 Å². The molecule has 1 amide bonds. The predicted octanol–water partition coefficient (Wildman–Crippen LogP) is 2.55. The molecule has 4 rings (SSSR count). The monoisotopic (exact) mass is 352 g/mol. The van der Waals surface area contributed by atoms with Crippen LogP contribution in [0.2, 0.25) is 0 Å². The fourth-order valence-corrected chi connectivity index (χ4v) is 3.69. The van der Waals surface area contributed by atoms with Gasteiger partial charge in [-0.05, 0) is 44.9 Å². The Balaban J connectivity index is 1.63. The molecule has 1 N–H and O–H groups in total. The molecule has 4 heterocycles. The van der Waals surface area contributed by atoms with Crippen molar-refractivity contribution in [3.8, 4) is 0 Å². The molecule has 7 nitrogen and oxygen atoms in total. The Morgan fingerprint density at radius 2 is 2.23 bits per heavy atom. The third kappa shape index (κ3) is 2.79. The number of H-pyrrole nitrogens is 1. The van der Waals surface area contributed by atoms with E-state index in [1.54, 1.807) is 32.2 Å². The van der Waals surface area contributed by atoms with Crippen LogP contribution >= 0.6 is 0 Å². The van der Waals surface area contributed by atoms with Gasteiger partial charge in [0.15, 0.2) is 0 Å². The number of aromatic nitrogens is 3. The first-order valence-corrected chi connectivity index (χ1v) is 8.74. The number of nitrogens with zero attached hydrogens (tertiary/aromatic N) is 3. The van der Waals surface area contributed by atoms with Gasteiger partial charge >= 0.3 is 0 Å². The van der Waals surface area contributed by atoms with Crippen molar-refractivity contribution in [3.63, 3.8) is 0 Å². The van der Waals surface area contributed by atoms with Gasteiger partial charge in [0.2, 0.25) is 0 Å². The lowest BCUT2D eigenvalue weighted by Crippen LogP contribution is -2.40. The number of carbonyl (C=O) groups is 1. The second-order valence-electron chi connectivity index (χ2n) is 6.78. The van der Waals surface area contributed by atoms with E-state index in [9.17, 15) is 9.59 Å². The Hall–Kier alpha value is -2.96.